The molecule has 0 radical (unpaired) electrons. The summed E-state index contributed by atoms with van der Waals surface area (Å²) < 4.78 is 23.3. The van der Waals surface area contributed by atoms with Crippen LogP contribution in [0.25, 0.3) is 0 Å². The van der Waals surface area contributed by atoms with E-state index in [-0.39, 0.29) is 6.61 Å². The van der Waals surface area contributed by atoms with Crippen molar-refractivity contribution >= 4 is 20.2 Å². The summed E-state index contributed by atoms with van der Waals surface area (Å²) >= 11 is 4.10. The van der Waals surface area contributed by atoms with Crippen molar-refractivity contribution < 1.29 is 12.9 Å². The molecule has 0 spiro atoms. The molecule has 0 fully saturated rings. The average Bonchev–Trinajstić information content (AvgIpc) is 1.94. The van der Waals surface area contributed by atoms with Crippen LogP contribution in [0.1, 0.15) is 6.42 Å². The molecule has 0 aromatic carbocycles. The summed E-state index contributed by atoms with van der Waals surface area (Å²) in [6, 6.07) is 0. The van der Waals surface area contributed by atoms with Gasteiger partial charge in [0.25, 0.3) is 9.05 Å². The Labute approximate surface area is 77.4 Å². The van der Waals surface area contributed by atoms with Gasteiger partial charge in [-0.15, -0.1) is 0 Å². The lowest BCUT2D eigenvalue weighted by atomic mass is 10.4. The van der Waals surface area contributed by atoms with Crippen LogP contribution in [0.2, 0.25) is 0 Å². The van der Waals surface area contributed by atoms with Gasteiger partial charge in [0.2, 0.25) is 0 Å². The molecule has 0 aromatic rings. The van der Waals surface area contributed by atoms with Crippen LogP contribution in [-0.4, -0.2) is 35.0 Å². The van der Waals surface area contributed by atoms with Gasteiger partial charge in [-0.25, -0.2) is 0 Å². The third kappa shape index (κ3) is 10.2. The maximum atomic E-state index is 10.4. The fourth-order valence-corrected chi connectivity index (χ4v) is 1.07. The average molecular weight is 214 g/mol. The lowest BCUT2D eigenvalue weighted by Gasteiger charge is -2.03. The minimum atomic E-state index is -3.45. The van der Waals surface area contributed by atoms with Crippen LogP contribution in [0.5, 0.6) is 0 Å². The number of nitrogens with two attached hydrogens (primary N) is 1. The molecule has 0 saturated carbocycles. The molecule has 0 aliphatic carbocycles. The second kappa shape index (κ2) is 6.70. The lowest BCUT2D eigenvalue weighted by Crippen LogP contribution is -2.23. The van der Waals surface area contributed by atoms with Crippen molar-refractivity contribution in [2.24, 2.45) is 5.73 Å². The van der Waals surface area contributed by atoms with Gasteiger partial charge < -0.3 is 11.1 Å². The van der Waals surface area contributed by atoms with Crippen LogP contribution in [0.4, 0.5) is 0 Å². The number of hydrogen-bond donors (Lipinski definition) is 3. The van der Waals surface area contributed by atoms with Crippen molar-refractivity contribution in [3.8, 4) is 0 Å². The van der Waals surface area contributed by atoms with E-state index in [0.29, 0.717) is 13.1 Å². The summed E-state index contributed by atoms with van der Waals surface area (Å²) in [5, 5.41) is 2.97. The first-order valence-corrected chi connectivity index (χ1v) is 5.95. The zero-order valence-electron chi connectivity index (χ0n) is 6.69. The predicted octanol–water partition coefficient (Wildman–Crippen LogP) is -0.924. The SMILES string of the molecule is NCCCNCCOS(=O)(O)=S. The Bertz CT molecular complexity index is 193. The van der Waals surface area contributed by atoms with E-state index in [1.807, 2.05) is 0 Å². The molecular weight excluding hydrogens is 200 g/mol. The van der Waals surface area contributed by atoms with Gasteiger partial charge in [-0.1, -0.05) is 0 Å². The first-order chi connectivity index (χ1) is 5.56. The molecule has 7 heteroatoms. The molecule has 0 aliphatic heterocycles. The smallest absolute Gasteiger partial charge is 0.266 e. The monoisotopic (exact) mass is 214 g/mol. The fraction of sp³-hybridized carbons (Fsp3) is 1.00. The molecule has 0 rings (SSSR count). The summed E-state index contributed by atoms with van der Waals surface area (Å²) in [6.07, 6.45) is 0.877. The van der Waals surface area contributed by atoms with Crippen LogP contribution in [0.3, 0.4) is 0 Å². The zero-order valence-corrected chi connectivity index (χ0v) is 8.33. The van der Waals surface area contributed by atoms with E-state index in [1.54, 1.807) is 0 Å². The van der Waals surface area contributed by atoms with E-state index < -0.39 is 9.05 Å². The second-order valence-corrected chi connectivity index (χ2v) is 4.50. The van der Waals surface area contributed by atoms with Crippen molar-refractivity contribution in [1.29, 1.82) is 0 Å². The largest absolute Gasteiger partial charge is 0.330 e. The minimum Gasteiger partial charge on any atom is -0.330 e. The number of hydrogen-bond acceptors (Lipinski definition) is 5. The van der Waals surface area contributed by atoms with E-state index in [0.717, 1.165) is 13.0 Å². The molecule has 4 N–H and O–H groups in total. The van der Waals surface area contributed by atoms with Crippen LogP contribution in [0.15, 0.2) is 0 Å². The minimum absolute atomic E-state index is 0.142. The predicted molar refractivity (Wildman–Crippen MR) is 50.6 cm³/mol. The molecule has 1 unspecified atom stereocenters. The highest BCUT2D eigenvalue weighted by molar-refractivity contribution is 8.27. The van der Waals surface area contributed by atoms with Crippen LogP contribution < -0.4 is 11.1 Å². The van der Waals surface area contributed by atoms with Crippen LogP contribution in [0, 0.1) is 0 Å². The molecule has 12 heavy (non-hydrogen) atoms. The summed E-state index contributed by atoms with van der Waals surface area (Å²) in [5.41, 5.74) is 5.24. The Morgan fingerprint density at radius 2 is 2.25 bits per heavy atom. The van der Waals surface area contributed by atoms with Gasteiger partial charge in [0.15, 0.2) is 0 Å². The van der Waals surface area contributed by atoms with Gasteiger partial charge in [0.05, 0.1) is 6.61 Å². The molecule has 1 atom stereocenters. The molecule has 0 heterocycles. The highest BCUT2D eigenvalue weighted by atomic mass is 32.9. The lowest BCUT2D eigenvalue weighted by molar-refractivity contribution is 0.302. The normalized spacial score (nSPS) is 15.8. The van der Waals surface area contributed by atoms with Gasteiger partial charge >= 0.3 is 0 Å². The summed E-state index contributed by atoms with van der Waals surface area (Å²) in [6.45, 7) is 2.06. The molecular formula is C5H14N2O3S2. The number of nitrogens with one attached hydrogen (secondary N) is 1. The Morgan fingerprint density at radius 3 is 2.75 bits per heavy atom. The van der Waals surface area contributed by atoms with Gasteiger partial charge in [-0.3, -0.25) is 8.74 Å². The Morgan fingerprint density at radius 1 is 1.58 bits per heavy atom. The maximum absolute atomic E-state index is 10.4. The van der Waals surface area contributed by atoms with E-state index in [4.69, 9.17) is 10.3 Å². The summed E-state index contributed by atoms with van der Waals surface area (Å²) in [4.78, 5) is 0. The van der Waals surface area contributed by atoms with Crippen LogP contribution >= 0.6 is 0 Å². The van der Waals surface area contributed by atoms with E-state index in [2.05, 4.69) is 20.7 Å². The summed E-state index contributed by atoms with van der Waals surface area (Å²) in [7, 11) is -3.45. The third-order valence-corrected chi connectivity index (χ3v) is 1.82. The molecule has 74 valence electrons. The van der Waals surface area contributed by atoms with Gasteiger partial charge in [0, 0.05) is 17.7 Å². The molecule has 0 aliphatic rings. The van der Waals surface area contributed by atoms with E-state index in [1.165, 1.54) is 0 Å². The molecule has 0 aromatic heterocycles. The van der Waals surface area contributed by atoms with Gasteiger partial charge in [-0.2, -0.15) is 4.21 Å². The van der Waals surface area contributed by atoms with Gasteiger partial charge in [-0.05, 0) is 19.5 Å². The van der Waals surface area contributed by atoms with E-state index >= 15 is 0 Å². The van der Waals surface area contributed by atoms with Crippen LogP contribution in [-0.2, 0) is 24.4 Å². The fourth-order valence-electron chi connectivity index (χ4n) is 0.571. The van der Waals surface area contributed by atoms with Crippen molar-refractivity contribution in [3.63, 3.8) is 0 Å². The molecule has 0 bridgehead atoms. The summed E-state index contributed by atoms with van der Waals surface area (Å²) in [5.74, 6) is 0. The maximum Gasteiger partial charge on any atom is 0.266 e. The quantitative estimate of drug-likeness (QED) is 0.475. The topological polar surface area (TPSA) is 84.6 Å². The van der Waals surface area contributed by atoms with Crippen molar-refractivity contribution in [2.75, 3.05) is 26.2 Å². The number of rotatable bonds is 7. The van der Waals surface area contributed by atoms with Crippen molar-refractivity contribution in [1.82, 2.24) is 5.32 Å². The first kappa shape index (κ1) is 12.2. The molecule has 0 saturated heterocycles. The standard InChI is InChI=1S/C5H14N2O3S2/c6-2-1-3-7-4-5-10-12(8,9)11/h7H,1-6H2,(H,8,9,11). The van der Waals surface area contributed by atoms with Gasteiger partial charge in [0.1, 0.15) is 0 Å². The second-order valence-electron chi connectivity index (χ2n) is 2.14. The Hall–Kier alpha value is 0.210. The first-order valence-electron chi connectivity index (χ1n) is 3.59. The highest BCUT2D eigenvalue weighted by Crippen LogP contribution is 1.84. The molecule has 0 amide bonds. The zero-order chi connectivity index (χ0) is 9.45. The third-order valence-electron chi connectivity index (χ3n) is 1.07. The van der Waals surface area contributed by atoms with Crippen molar-refractivity contribution in [2.45, 2.75) is 6.42 Å². The Balaban J connectivity index is 3.12. The molecule has 5 nitrogen and oxygen atoms in total. The van der Waals surface area contributed by atoms with Crippen molar-refractivity contribution in [3.05, 3.63) is 0 Å². The Kier molecular flexibility index (Phi) is 6.81. The van der Waals surface area contributed by atoms with E-state index in [9.17, 15) is 4.21 Å². The highest BCUT2D eigenvalue weighted by Gasteiger charge is 1.97.